The average Bonchev–Trinajstić information content (AvgIpc) is 2.72. The van der Waals surface area contributed by atoms with Gasteiger partial charge in [-0.05, 0) is 11.4 Å². The summed E-state index contributed by atoms with van der Waals surface area (Å²) in [6.45, 7) is 4.58. The molecule has 0 aromatic carbocycles. The summed E-state index contributed by atoms with van der Waals surface area (Å²) < 4.78 is 5.26. The SMILES string of the molecule is C(#Cc1ccsc1)CN1CCOCC1. The number of thiophene rings is 1. The van der Waals surface area contributed by atoms with Gasteiger partial charge in [-0.3, -0.25) is 4.90 Å². The van der Waals surface area contributed by atoms with Gasteiger partial charge in [-0.2, -0.15) is 11.3 Å². The zero-order chi connectivity index (χ0) is 9.64. The first-order valence-corrected chi connectivity index (χ1v) is 5.70. The Hall–Kier alpha value is -0.820. The molecule has 1 saturated heterocycles. The topological polar surface area (TPSA) is 12.5 Å². The van der Waals surface area contributed by atoms with Crippen LogP contribution in [0.2, 0.25) is 0 Å². The van der Waals surface area contributed by atoms with Crippen molar-refractivity contribution in [2.75, 3.05) is 32.8 Å². The second-order valence-electron chi connectivity index (χ2n) is 3.20. The van der Waals surface area contributed by atoms with Crippen LogP contribution in [-0.4, -0.2) is 37.7 Å². The van der Waals surface area contributed by atoms with Crippen molar-refractivity contribution in [1.82, 2.24) is 4.90 Å². The van der Waals surface area contributed by atoms with E-state index in [1.807, 2.05) is 0 Å². The van der Waals surface area contributed by atoms with Crippen LogP contribution in [0.1, 0.15) is 5.56 Å². The molecule has 14 heavy (non-hydrogen) atoms. The lowest BCUT2D eigenvalue weighted by Crippen LogP contribution is -2.36. The Morgan fingerprint density at radius 1 is 1.43 bits per heavy atom. The third-order valence-electron chi connectivity index (χ3n) is 2.16. The summed E-state index contributed by atoms with van der Waals surface area (Å²) in [5.41, 5.74) is 1.13. The molecule has 2 rings (SSSR count). The van der Waals surface area contributed by atoms with Crippen LogP contribution in [0.5, 0.6) is 0 Å². The number of nitrogens with zero attached hydrogens (tertiary/aromatic N) is 1. The molecule has 0 aliphatic carbocycles. The average molecular weight is 207 g/mol. The second-order valence-corrected chi connectivity index (χ2v) is 3.98. The first-order valence-electron chi connectivity index (χ1n) is 4.76. The van der Waals surface area contributed by atoms with Gasteiger partial charge in [-0.25, -0.2) is 0 Å². The predicted octanol–water partition coefficient (Wildman–Crippen LogP) is 1.43. The summed E-state index contributed by atoms with van der Waals surface area (Å²) >= 11 is 1.69. The van der Waals surface area contributed by atoms with Gasteiger partial charge in [0, 0.05) is 24.0 Å². The van der Waals surface area contributed by atoms with Crippen molar-refractivity contribution < 1.29 is 4.74 Å². The predicted molar refractivity (Wildman–Crippen MR) is 58.5 cm³/mol. The summed E-state index contributed by atoms with van der Waals surface area (Å²) in [6.07, 6.45) is 0. The van der Waals surface area contributed by atoms with Crippen LogP contribution in [0.4, 0.5) is 0 Å². The highest BCUT2D eigenvalue weighted by atomic mass is 32.1. The van der Waals surface area contributed by atoms with Gasteiger partial charge < -0.3 is 4.74 Å². The molecule has 0 amide bonds. The van der Waals surface area contributed by atoms with E-state index in [9.17, 15) is 0 Å². The maximum Gasteiger partial charge on any atom is 0.0606 e. The summed E-state index contributed by atoms with van der Waals surface area (Å²) in [4.78, 5) is 2.32. The second kappa shape index (κ2) is 5.16. The molecule has 0 unspecified atom stereocenters. The lowest BCUT2D eigenvalue weighted by Gasteiger charge is -2.24. The monoisotopic (exact) mass is 207 g/mol. The van der Waals surface area contributed by atoms with E-state index in [4.69, 9.17) is 4.74 Å². The van der Waals surface area contributed by atoms with Gasteiger partial charge >= 0.3 is 0 Å². The van der Waals surface area contributed by atoms with Crippen molar-refractivity contribution >= 4 is 11.3 Å². The van der Waals surface area contributed by atoms with E-state index in [2.05, 4.69) is 33.6 Å². The minimum Gasteiger partial charge on any atom is -0.379 e. The summed E-state index contributed by atoms with van der Waals surface area (Å²) in [6, 6.07) is 2.05. The number of ether oxygens (including phenoxy) is 1. The third-order valence-corrected chi connectivity index (χ3v) is 2.84. The minimum atomic E-state index is 0.847. The van der Waals surface area contributed by atoms with Crippen molar-refractivity contribution in [3.63, 3.8) is 0 Å². The number of hydrogen-bond acceptors (Lipinski definition) is 3. The summed E-state index contributed by atoms with van der Waals surface area (Å²) in [5, 5.41) is 4.13. The van der Waals surface area contributed by atoms with E-state index < -0.39 is 0 Å². The Bertz CT molecular complexity index is 317. The maximum absolute atomic E-state index is 5.26. The lowest BCUT2D eigenvalue weighted by molar-refractivity contribution is 0.0443. The molecule has 0 atom stereocenters. The molecule has 2 heterocycles. The molecule has 0 radical (unpaired) electrons. The Morgan fingerprint density at radius 3 is 3.00 bits per heavy atom. The quantitative estimate of drug-likeness (QED) is 0.646. The Morgan fingerprint density at radius 2 is 2.29 bits per heavy atom. The van der Waals surface area contributed by atoms with Crippen LogP contribution in [0.25, 0.3) is 0 Å². The molecule has 3 heteroatoms. The molecule has 0 spiro atoms. The zero-order valence-electron chi connectivity index (χ0n) is 8.03. The van der Waals surface area contributed by atoms with Crippen LogP contribution in [0.3, 0.4) is 0 Å². The van der Waals surface area contributed by atoms with E-state index >= 15 is 0 Å². The summed E-state index contributed by atoms with van der Waals surface area (Å²) in [7, 11) is 0. The van der Waals surface area contributed by atoms with Gasteiger partial charge in [0.25, 0.3) is 0 Å². The minimum absolute atomic E-state index is 0.847. The molecule has 0 bridgehead atoms. The van der Waals surface area contributed by atoms with Gasteiger partial charge in [0.2, 0.25) is 0 Å². The van der Waals surface area contributed by atoms with Crippen molar-refractivity contribution in [3.05, 3.63) is 22.4 Å². The molecule has 1 fully saturated rings. The Labute approximate surface area is 88.5 Å². The highest BCUT2D eigenvalue weighted by Crippen LogP contribution is 2.03. The van der Waals surface area contributed by atoms with Crippen LogP contribution >= 0.6 is 11.3 Å². The maximum atomic E-state index is 5.26. The standard InChI is InChI=1S/C11H13NOS/c1(2-11-3-9-14-10-11)4-12-5-7-13-8-6-12/h3,9-10H,4-8H2. The van der Waals surface area contributed by atoms with Gasteiger partial charge in [-0.15, -0.1) is 0 Å². The van der Waals surface area contributed by atoms with E-state index in [-0.39, 0.29) is 0 Å². The lowest BCUT2D eigenvalue weighted by atomic mass is 10.3. The zero-order valence-corrected chi connectivity index (χ0v) is 8.85. The molecule has 2 nitrogen and oxygen atoms in total. The van der Waals surface area contributed by atoms with E-state index in [1.54, 1.807) is 11.3 Å². The van der Waals surface area contributed by atoms with Crippen LogP contribution in [0.15, 0.2) is 16.8 Å². The number of hydrogen-bond donors (Lipinski definition) is 0. The van der Waals surface area contributed by atoms with Gasteiger partial charge in [-0.1, -0.05) is 11.8 Å². The molecular formula is C11H13NOS. The highest BCUT2D eigenvalue weighted by molar-refractivity contribution is 7.08. The smallest absolute Gasteiger partial charge is 0.0606 e. The molecule has 0 saturated carbocycles. The fraction of sp³-hybridized carbons (Fsp3) is 0.455. The first-order chi connectivity index (χ1) is 6.95. The number of rotatable bonds is 1. The van der Waals surface area contributed by atoms with Crippen LogP contribution < -0.4 is 0 Å². The third kappa shape index (κ3) is 2.85. The van der Waals surface area contributed by atoms with Crippen molar-refractivity contribution in [3.8, 4) is 11.8 Å². The summed E-state index contributed by atoms with van der Waals surface area (Å²) in [5.74, 6) is 6.33. The van der Waals surface area contributed by atoms with E-state index in [0.717, 1.165) is 38.4 Å². The molecular weight excluding hydrogens is 194 g/mol. The van der Waals surface area contributed by atoms with Crippen molar-refractivity contribution in [2.24, 2.45) is 0 Å². The molecule has 1 aromatic heterocycles. The molecule has 1 aliphatic heterocycles. The molecule has 74 valence electrons. The Balaban J connectivity index is 1.80. The normalized spacial score (nSPS) is 17.4. The highest BCUT2D eigenvalue weighted by Gasteiger charge is 2.07. The van der Waals surface area contributed by atoms with E-state index in [1.165, 1.54) is 0 Å². The van der Waals surface area contributed by atoms with Crippen molar-refractivity contribution in [2.45, 2.75) is 0 Å². The fourth-order valence-electron chi connectivity index (χ4n) is 1.35. The van der Waals surface area contributed by atoms with Gasteiger partial charge in [0.1, 0.15) is 0 Å². The molecule has 1 aromatic rings. The largest absolute Gasteiger partial charge is 0.379 e. The molecule has 0 N–H and O–H groups in total. The van der Waals surface area contributed by atoms with E-state index in [0.29, 0.717) is 0 Å². The fourth-order valence-corrected chi connectivity index (χ4v) is 1.94. The first kappa shape index (κ1) is 9.72. The number of morpholine rings is 1. The van der Waals surface area contributed by atoms with Crippen LogP contribution in [0, 0.1) is 11.8 Å². The van der Waals surface area contributed by atoms with Gasteiger partial charge in [0.05, 0.1) is 19.8 Å². The molecule has 1 aliphatic rings. The Kier molecular flexibility index (Phi) is 3.58. The van der Waals surface area contributed by atoms with Crippen molar-refractivity contribution in [1.29, 1.82) is 0 Å². The van der Waals surface area contributed by atoms with Gasteiger partial charge in [0.15, 0.2) is 0 Å². The van der Waals surface area contributed by atoms with Crippen LogP contribution in [-0.2, 0) is 4.74 Å².